The van der Waals surface area contributed by atoms with E-state index in [1.807, 2.05) is 24.4 Å². The fourth-order valence-corrected chi connectivity index (χ4v) is 4.18. The maximum Gasteiger partial charge on any atom is 0.0649 e. The van der Waals surface area contributed by atoms with Crippen LogP contribution < -0.4 is 5.32 Å². The Bertz CT molecular complexity index is 972. The molecule has 3 aromatic rings. The fourth-order valence-electron chi connectivity index (χ4n) is 3.99. The van der Waals surface area contributed by atoms with E-state index in [1.165, 1.54) is 11.1 Å². The van der Waals surface area contributed by atoms with Crippen LogP contribution in [0.15, 0.2) is 48.8 Å². The molecule has 5 heteroatoms. The summed E-state index contributed by atoms with van der Waals surface area (Å²) in [5, 5.41) is 4.49. The first-order chi connectivity index (χ1) is 13.6. The summed E-state index contributed by atoms with van der Waals surface area (Å²) in [5.41, 5.74) is 6.60. The maximum absolute atomic E-state index is 6.29. The standard InChI is InChI=1S/C23H25ClN4/c1-15-6-4-13-26-22(15)19-8-3-9-20(28-19)23-16(2)10-11-17(27-23)14-21-18(24)7-5-12-25-21/h4-7,10-13,19-20,28H,3,8-9,14H2,1-2H3/t19-,20+/m0/s1. The number of aryl methyl sites for hydroxylation is 2. The summed E-state index contributed by atoms with van der Waals surface area (Å²) < 4.78 is 0. The SMILES string of the molecule is Cc1cccnc1[C@@H]1CCC[C@H](c2nc(Cc3ncccc3Cl)ccc2C)N1. The molecule has 0 spiro atoms. The Kier molecular flexibility index (Phi) is 5.69. The monoisotopic (exact) mass is 392 g/mol. The minimum Gasteiger partial charge on any atom is -0.300 e. The first-order valence-corrected chi connectivity index (χ1v) is 10.2. The van der Waals surface area contributed by atoms with Crippen molar-refractivity contribution in [1.29, 1.82) is 0 Å². The van der Waals surface area contributed by atoms with Crippen LogP contribution in [0.2, 0.25) is 5.02 Å². The van der Waals surface area contributed by atoms with Gasteiger partial charge in [0.25, 0.3) is 0 Å². The second-order valence-electron chi connectivity index (χ2n) is 7.52. The predicted octanol–water partition coefficient (Wildman–Crippen LogP) is 5.29. The van der Waals surface area contributed by atoms with E-state index in [4.69, 9.17) is 16.6 Å². The van der Waals surface area contributed by atoms with E-state index in [2.05, 4.69) is 47.3 Å². The highest BCUT2D eigenvalue weighted by Gasteiger charge is 2.27. The van der Waals surface area contributed by atoms with E-state index in [0.717, 1.165) is 42.0 Å². The number of nitrogens with zero attached hydrogens (tertiary/aromatic N) is 3. The second-order valence-corrected chi connectivity index (χ2v) is 7.93. The Labute approximate surface area is 171 Å². The van der Waals surface area contributed by atoms with Gasteiger partial charge in [0.05, 0.1) is 34.2 Å². The number of pyridine rings is 3. The molecule has 1 aliphatic rings. The molecule has 4 nitrogen and oxygen atoms in total. The van der Waals surface area contributed by atoms with E-state index < -0.39 is 0 Å². The molecule has 0 amide bonds. The Morgan fingerprint density at radius 2 is 1.64 bits per heavy atom. The van der Waals surface area contributed by atoms with Gasteiger partial charge < -0.3 is 5.32 Å². The normalized spacial score (nSPS) is 19.5. The van der Waals surface area contributed by atoms with Crippen molar-refractivity contribution in [3.63, 3.8) is 0 Å². The highest BCUT2D eigenvalue weighted by atomic mass is 35.5. The molecule has 1 fully saturated rings. The Morgan fingerprint density at radius 1 is 0.929 bits per heavy atom. The average Bonchev–Trinajstić information content (AvgIpc) is 2.71. The van der Waals surface area contributed by atoms with Gasteiger partial charge in [0.2, 0.25) is 0 Å². The number of rotatable bonds is 4. The molecule has 4 heterocycles. The molecule has 0 bridgehead atoms. The van der Waals surface area contributed by atoms with Crippen LogP contribution in [0.25, 0.3) is 0 Å². The van der Waals surface area contributed by atoms with Crippen LogP contribution in [0.5, 0.6) is 0 Å². The molecule has 0 aliphatic carbocycles. The third-order valence-electron chi connectivity index (χ3n) is 5.48. The van der Waals surface area contributed by atoms with Crippen molar-refractivity contribution in [3.05, 3.63) is 87.7 Å². The number of hydrogen-bond donors (Lipinski definition) is 1. The molecular weight excluding hydrogens is 368 g/mol. The van der Waals surface area contributed by atoms with Gasteiger partial charge in [-0.1, -0.05) is 23.7 Å². The van der Waals surface area contributed by atoms with Crippen LogP contribution in [0, 0.1) is 13.8 Å². The second kappa shape index (κ2) is 8.38. The molecule has 1 saturated heterocycles. The molecule has 3 aromatic heterocycles. The van der Waals surface area contributed by atoms with Gasteiger partial charge in [-0.05, 0) is 68.5 Å². The molecular formula is C23H25ClN4. The van der Waals surface area contributed by atoms with Crippen molar-refractivity contribution >= 4 is 11.6 Å². The van der Waals surface area contributed by atoms with Gasteiger partial charge in [-0.3, -0.25) is 15.0 Å². The summed E-state index contributed by atoms with van der Waals surface area (Å²) in [5.74, 6) is 0. The molecule has 2 atom stereocenters. The zero-order valence-electron chi connectivity index (χ0n) is 16.3. The summed E-state index contributed by atoms with van der Waals surface area (Å²) in [6.45, 7) is 4.27. The minimum atomic E-state index is 0.235. The van der Waals surface area contributed by atoms with Crippen molar-refractivity contribution in [1.82, 2.24) is 20.3 Å². The van der Waals surface area contributed by atoms with Crippen molar-refractivity contribution in [2.75, 3.05) is 0 Å². The van der Waals surface area contributed by atoms with Gasteiger partial charge in [-0.25, -0.2) is 0 Å². The van der Waals surface area contributed by atoms with Crippen LogP contribution in [0.1, 0.15) is 65.2 Å². The highest BCUT2D eigenvalue weighted by molar-refractivity contribution is 6.31. The molecule has 0 saturated carbocycles. The van der Waals surface area contributed by atoms with Gasteiger partial charge in [0.15, 0.2) is 0 Å². The molecule has 4 rings (SSSR count). The molecule has 0 aromatic carbocycles. The summed E-state index contributed by atoms with van der Waals surface area (Å²) in [6, 6.07) is 12.6. The van der Waals surface area contributed by atoms with Crippen molar-refractivity contribution in [2.24, 2.45) is 0 Å². The van der Waals surface area contributed by atoms with E-state index in [9.17, 15) is 0 Å². The van der Waals surface area contributed by atoms with Gasteiger partial charge in [-0.15, -0.1) is 0 Å². The Morgan fingerprint density at radius 3 is 2.43 bits per heavy atom. The average molecular weight is 393 g/mol. The zero-order chi connectivity index (χ0) is 19.5. The minimum absolute atomic E-state index is 0.235. The molecule has 1 aliphatic heterocycles. The highest BCUT2D eigenvalue weighted by Crippen LogP contribution is 2.33. The fraction of sp³-hybridized carbons (Fsp3) is 0.348. The molecule has 0 radical (unpaired) electrons. The first-order valence-electron chi connectivity index (χ1n) is 9.85. The summed E-state index contributed by atoms with van der Waals surface area (Å²) >= 11 is 6.29. The van der Waals surface area contributed by atoms with Crippen LogP contribution in [0.3, 0.4) is 0 Å². The van der Waals surface area contributed by atoms with Gasteiger partial charge in [0.1, 0.15) is 0 Å². The third kappa shape index (κ3) is 4.08. The summed E-state index contributed by atoms with van der Waals surface area (Å²) in [7, 11) is 0. The van der Waals surface area contributed by atoms with E-state index in [1.54, 1.807) is 6.20 Å². The largest absolute Gasteiger partial charge is 0.300 e. The van der Waals surface area contributed by atoms with E-state index in [-0.39, 0.29) is 12.1 Å². The molecule has 28 heavy (non-hydrogen) atoms. The van der Waals surface area contributed by atoms with Crippen molar-refractivity contribution < 1.29 is 0 Å². The van der Waals surface area contributed by atoms with Crippen LogP contribution in [-0.2, 0) is 6.42 Å². The van der Waals surface area contributed by atoms with E-state index in [0.29, 0.717) is 11.4 Å². The predicted molar refractivity (Wildman–Crippen MR) is 112 cm³/mol. The lowest BCUT2D eigenvalue weighted by molar-refractivity contribution is 0.319. The van der Waals surface area contributed by atoms with Crippen molar-refractivity contribution in [3.8, 4) is 0 Å². The topological polar surface area (TPSA) is 50.7 Å². The van der Waals surface area contributed by atoms with Crippen LogP contribution >= 0.6 is 11.6 Å². The van der Waals surface area contributed by atoms with Gasteiger partial charge >= 0.3 is 0 Å². The number of nitrogens with one attached hydrogen (secondary N) is 1. The molecule has 144 valence electrons. The number of piperidine rings is 1. The number of aromatic nitrogens is 3. The maximum atomic E-state index is 6.29. The third-order valence-corrected chi connectivity index (χ3v) is 5.82. The smallest absolute Gasteiger partial charge is 0.0649 e. The Hall–Kier alpha value is -2.30. The van der Waals surface area contributed by atoms with Gasteiger partial charge in [-0.2, -0.15) is 0 Å². The number of hydrogen-bond acceptors (Lipinski definition) is 4. The molecule has 0 unspecified atom stereocenters. The quantitative estimate of drug-likeness (QED) is 0.655. The zero-order valence-corrected chi connectivity index (χ0v) is 17.1. The summed E-state index contributed by atoms with van der Waals surface area (Å²) in [6.07, 6.45) is 7.66. The Balaban J connectivity index is 1.58. The lowest BCUT2D eigenvalue weighted by atomic mass is 9.91. The number of halogens is 1. The van der Waals surface area contributed by atoms with Crippen molar-refractivity contribution in [2.45, 2.75) is 51.6 Å². The van der Waals surface area contributed by atoms with E-state index >= 15 is 0 Å². The van der Waals surface area contributed by atoms with Crippen LogP contribution in [-0.4, -0.2) is 15.0 Å². The first kappa shape index (κ1) is 19.0. The lowest BCUT2D eigenvalue weighted by Crippen LogP contribution is -2.32. The van der Waals surface area contributed by atoms with Crippen LogP contribution in [0.4, 0.5) is 0 Å². The van der Waals surface area contributed by atoms with Gasteiger partial charge in [0, 0.05) is 24.5 Å². The molecule has 1 N–H and O–H groups in total. The lowest BCUT2D eigenvalue weighted by Gasteiger charge is -2.32. The summed E-state index contributed by atoms with van der Waals surface area (Å²) in [4.78, 5) is 14.0.